The number of rotatable bonds is 6. The molecule has 0 aromatic carbocycles. The van der Waals surface area contributed by atoms with Gasteiger partial charge < -0.3 is 10.1 Å². The number of nitrogens with one attached hydrogen (secondary N) is 1. The van der Waals surface area contributed by atoms with Crippen LogP contribution in [0.5, 0.6) is 0 Å². The van der Waals surface area contributed by atoms with Crippen molar-refractivity contribution in [2.24, 2.45) is 5.92 Å². The zero-order valence-electron chi connectivity index (χ0n) is 9.44. The Bertz CT molecular complexity index is 341. The highest BCUT2D eigenvalue weighted by Gasteiger charge is 2.13. The van der Waals surface area contributed by atoms with E-state index in [2.05, 4.69) is 10.4 Å². The Labute approximate surface area is 99.7 Å². The number of halogens is 1. The summed E-state index contributed by atoms with van der Waals surface area (Å²) in [6, 6.07) is 0. The lowest BCUT2D eigenvalue weighted by Crippen LogP contribution is -2.33. The number of aromatic nitrogens is 2. The van der Waals surface area contributed by atoms with E-state index >= 15 is 0 Å². The minimum atomic E-state index is -0.146. The first-order valence-corrected chi connectivity index (χ1v) is 5.46. The smallest absolute Gasteiger partial charge is 0.224 e. The second-order valence-corrected chi connectivity index (χ2v) is 4.00. The van der Waals surface area contributed by atoms with Crippen molar-refractivity contribution in [3.8, 4) is 0 Å². The molecule has 1 rings (SSSR count). The molecule has 0 radical (unpaired) electrons. The zero-order chi connectivity index (χ0) is 12.0. The highest BCUT2D eigenvalue weighted by atomic mass is 35.5. The number of methoxy groups -OCH3 is 1. The molecule has 0 bridgehead atoms. The van der Waals surface area contributed by atoms with Crippen molar-refractivity contribution in [1.29, 1.82) is 0 Å². The maximum atomic E-state index is 11.6. The molecule has 0 saturated carbocycles. The van der Waals surface area contributed by atoms with Gasteiger partial charge in [-0.05, 0) is 0 Å². The summed E-state index contributed by atoms with van der Waals surface area (Å²) in [6.07, 6.45) is 3.25. The van der Waals surface area contributed by atoms with Crippen LogP contribution in [-0.2, 0) is 16.1 Å². The molecule has 1 N–H and O–H groups in total. The molecule has 6 heteroatoms. The van der Waals surface area contributed by atoms with E-state index in [0.29, 0.717) is 24.7 Å². The molecule has 1 heterocycles. The van der Waals surface area contributed by atoms with Crippen LogP contribution in [-0.4, -0.2) is 35.9 Å². The Morgan fingerprint density at radius 3 is 3.06 bits per heavy atom. The largest absolute Gasteiger partial charge is 0.383 e. The van der Waals surface area contributed by atoms with Gasteiger partial charge in [-0.25, -0.2) is 0 Å². The summed E-state index contributed by atoms with van der Waals surface area (Å²) in [5.74, 6) is -0.156. The van der Waals surface area contributed by atoms with Crippen molar-refractivity contribution < 1.29 is 9.53 Å². The first kappa shape index (κ1) is 13.0. The minimum Gasteiger partial charge on any atom is -0.383 e. The van der Waals surface area contributed by atoms with Gasteiger partial charge in [0.15, 0.2) is 0 Å². The predicted octanol–water partition coefficient (Wildman–Crippen LogP) is 0.935. The molecular formula is C10H16ClN3O2. The number of carbonyl (C=O) groups excluding carboxylic acids is 1. The normalized spacial score (nSPS) is 12.4. The molecule has 16 heavy (non-hydrogen) atoms. The Morgan fingerprint density at radius 1 is 1.75 bits per heavy atom. The summed E-state index contributed by atoms with van der Waals surface area (Å²) in [7, 11) is 1.60. The van der Waals surface area contributed by atoms with Crippen molar-refractivity contribution >= 4 is 17.5 Å². The molecule has 0 spiro atoms. The number of nitrogens with zero attached hydrogens (tertiary/aromatic N) is 2. The van der Waals surface area contributed by atoms with Gasteiger partial charge in [-0.15, -0.1) is 0 Å². The fourth-order valence-electron chi connectivity index (χ4n) is 1.25. The summed E-state index contributed by atoms with van der Waals surface area (Å²) in [5, 5.41) is 7.36. The molecule has 1 aromatic heterocycles. The minimum absolute atomic E-state index is 0.0105. The molecule has 0 fully saturated rings. The van der Waals surface area contributed by atoms with Crippen molar-refractivity contribution in [2.45, 2.75) is 13.5 Å². The van der Waals surface area contributed by atoms with Crippen molar-refractivity contribution in [2.75, 3.05) is 20.3 Å². The van der Waals surface area contributed by atoms with Crippen LogP contribution in [0.1, 0.15) is 6.92 Å². The molecule has 0 aliphatic rings. The van der Waals surface area contributed by atoms with Gasteiger partial charge in [-0.2, -0.15) is 5.10 Å². The van der Waals surface area contributed by atoms with Crippen LogP contribution < -0.4 is 5.32 Å². The predicted molar refractivity (Wildman–Crippen MR) is 61.3 cm³/mol. The average molecular weight is 246 g/mol. The van der Waals surface area contributed by atoms with Gasteiger partial charge in [-0.3, -0.25) is 9.48 Å². The molecule has 1 aromatic rings. The van der Waals surface area contributed by atoms with Gasteiger partial charge in [0.25, 0.3) is 0 Å². The van der Waals surface area contributed by atoms with Crippen LogP contribution in [0.4, 0.5) is 0 Å². The van der Waals surface area contributed by atoms with Crippen molar-refractivity contribution in [3.63, 3.8) is 0 Å². The van der Waals surface area contributed by atoms with Gasteiger partial charge in [0.2, 0.25) is 5.91 Å². The van der Waals surface area contributed by atoms with E-state index in [9.17, 15) is 4.79 Å². The molecule has 1 unspecified atom stereocenters. The van der Waals surface area contributed by atoms with Gasteiger partial charge in [0.05, 0.1) is 30.3 Å². The second kappa shape index (κ2) is 6.50. The Kier molecular flexibility index (Phi) is 5.28. The number of ether oxygens (including phenoxy) is 1. The van der Waals surface area contributed by atoms with Gasteiger partial charge in [0, 0.05) is 19.9 Å². The maximum Gasteiger partial charge on any atom is 0.224 e. The maximum absolute atomic E-state index is 11.6. The van der Waals surface area contributed by atoms with E-state index in [0.717, 1.165) is 0 Å². The molecular weight excluding hydrogens is 230 g/mol. The first-order valence-electron chi connectivity index (χ1n) is 5.08. The van der Waals surface area contributed by atoms with E-state index in [1.165, 1.54) is 0 Å². The number of amides is 1. The number of carbonyl (C=O) groups is 1. The molecule has 0 saturated heterocycles. The Morgan fingerprint density at radius 2 is 2.50 bits per heavy atom. The fraction of sp³-hybridized carbons (Fsp3) is 0.600. The molecule has 5 nitrogen and oxygen atoms in total. The molecule has 1 amide bonds. The summed E-state index contributed by atoms with van der Waals surface area (Å²) in [5.41, 5.74) is 0. The van der Waals surface area contributed by atoms with E-state index in [4.69, 9.17) is 16.3 Å². The van der Waals surface area contributed by atoms with E-state index in [1.807, 2.05) is 6.92 Å². The van der Waals surface area contributed by atoms with E-state index in [-0.39, 0.29) is 11.8 Å². The average Bonchev–Trinajstić information content (AvgIpc) is 2.64. The standard InChI is InChI=1S/C10H16ClN3O2/c1-8(10(15)12-3-4-16-2)6-14-7-9(11)5-13-14/h5,7-8H,3-4,6H2,1-2H3,(H,12,15). The third-order valence-corrected chi connectivity index (χ3v) is 2.31. The van der Waals surface area contributed by atoms with Crippen molar-refractivity contribution in [3.05, 3.63) is 17.4 Å². The summed E-state index contributed by atoms with van der Waals surface area (Å²) >= 11 is 5.73. The van der Waals surface area contributed by atoms with Crippen LogP contribution in [0.15, 0.2) is 12.4 Å². The Balaban J connectivity index is 2.34. The van der Waals surface area contributed by atoms with Gasteiger partial charge >= 0.3 is 0 Å². The van der Waals surface area contributed by atoms with Crippen LogP contribution in [0.2, 0.25) is 5.02 Å². The SMILES string of the molecule is COCCNC(=O)C(C)Cn1cc(Cl)cn1. The van der Waals surface area contributed by atoms with Gasteiger partial charge in [-0.1, -0.05) is 18.5 Å². The summed E-state index contributed by atoms with van der Waals surface area (Å²) in [6.45, 7) is 3.41. The lowest BCUT2D eigenvalue weighted by Gasteiger charge is -2.11. The lowest BCUT2D eigenvalue weighted by molar-refractivity contribution is -0.125. The quantitative estimate of drug-likeness (QED) is 0.759. The third kappa shape index (κ3) is 4.20. The zero-order valence-corrected chi connectivity index (χ0v) is 10.2. The monoisotopic (exact) mass is 245 g/mol. The highest BCUT2D eigenvalue weighted by Crippen LogP contribution is 2.07. The second-order valence-electron chi connectivity index (χ2n) is 3.57. The Hall–Kier alpha value is -1.07. The van der Waals surface area contributed by atoms with Crippen molar-refractivity contribution in [1.82, 2.24) is 15.1 Å². The first-order chi connectivity index (χ1) is 7.63. The third-order valence-electron chi connectivity index (χ3n) is 2.12. The number of hydrogen-bond acceptors (Lipinski definition) is 3. The highest BCUT2D eigenvalue weighted by molar-refractivity contribution is 6.30. The van der Waals surface area contributed by atoms with Crippen LogP contribution in [0.25, 0.3) is 0 Å². The van der Waals surface area contributed by atoms with E-state index < -0.39 is 0 Å². The van der Waals surface area contributed by atoms with Gasteiger partial charge in [0.1, 0.15) is 0 Å². The molecule has 0 aliphatic carbocycles. The van der Waals surface area contributed by atoms with Crippen LogP contribution >= 0.6 is 11.6 Å². The fourth-order valence-corrected chi connectivity index (χ4v) is 1.41. The summed E-state index contributed by atoms with van der Waals surface area (Å²) < 4.78 is 6.50. The summed E-state index contributed by atoms with van der Waals surface area (Å²) in [4.78, 5) is 11.6. The lowest BCUT2D eigenvalue weighted by atomic mass is 10.1. The van der Waals surface area contributed by atoms with Crippen LogP contribution in [0.3, 0.4) is 0 Å². The van der Waals surface area contributed by atoms with Crippen LogP contribution in [0, 0.1) is 5.92 Å². The molecule has 0 aliphatic heterocycles. The molecule has 1 atom stereocenters. The number of hydrogen-bond donors (Lipinski definition) is 1. The van der Waals surface area contributed by atoms with E-state index in [1.54, 1.807) is 24.2 Å². The topological polar surface area (TPSA) is 56.1 Å². The molecule has 90 valence electrons.